The van der Waals surface area contributed by atoms with Gasteiger partial charge in [-0.1, -0.05) is 79.4 Å². The van der Waals surface area contributed by atoms with E-state index in [9.17, 15) is 9.59 Å². The van der Waals surface area contributed by atoms with Crippen LogP contribution in [-0.2, 0) is 20.9 Å². The Kier molecular flexibility index (Phi) is 9.66. The average molecular weight is 576 g/mol. The van der Waals surface area contributed by atoms with E-state index in [0.717, 1.165) is 22.9 Å². The molecule has 3 aromatic carbocycles. The first-order valence-electron chi connectivity index (χ1n) is 13.1. The Morgan fingerprint density at radius 3 is 2.42 bits per heavy atom. The number of aryl methyl sites for hydroxylation is 3. The smallest absolute Gasteiger partial charge is 0.333 e. The predicted octanol–water partition coefficient (Wildman–Crippen LogP) is 7.10. The summed E-state index contributed by atoms with van der Waals surface area (Å²) in [6.07, 6.45) is 2.43. The number of methoxy groups -OCH3 is 1. The van der Waals surface area contributed by atoms with E-state index >= 15 is 0 Å². The molecule has 40 heavy (non-hydrogen) atoms. The molecule has 3 aromatic rings. The van der Waals surface area contributed by atoms with Crippen LogP contribution in [0.2, 0.25) is 0 Å². The number of carbonyl (C=O) groups is 2. The fraction of sp³-hybridized carbons (Fsp3) is 0.281. The Hall–Kier alpha value is -3.62. The third-order valence-electron chi connectivity index (χ3n) is 6.69. The zero-order valence-electron chi connectivity index (χ0n) is 23.4. The number of rotatable bonds is 10. The summed E-state index contributed by atoms with van der Waals surface area (Å²) in [5.74, 6) is 0.304. The van der Waals surface area contributed by atoms with Crippen molar-refractivity contribution in [3.8, 4) is 11.5 Å². The van der Waals surface area contributed by atoms with Crippen molar-refractivity contribution >= 4 is 46.3 Å². The predicted molar refractivity (Wildman–Crippen MR) is 163 cm³/mol. The lowest BCUT2D eigenvalue weighted by Gasteiger charge is -2.25. The molecule has 208 valence electrons. The summed E-state index contributed by atoms with van der Waals surface area (Å²) >= 11 is 6.73. The summed E-state index contributed by atoms with van der Waals surface area (Å²) in [5.41, 5.74) is 6.15. The van der Waals surface area contributed by atoms with Crippen molar-refractivity contribution in [1.82, 2.24) is 4.90 Å². The number of hydrogen-bond acceptors (Lipinski definition) is 7. The second kappa shape index (κ2) is 13.2. The van der Waals surface area contributed by atoms with Crippen LogP contribution in [0.1, 0.15) is 52.8 Å². The van der Waals surface area contributed by atoms with Crippen LogP contribution in [0.3, 0.4) is 0 Å². The summed E-state index contributed by atoms with van der Waals surface area (Å²) in [6.45, 7) is 8.87. The van der Waals surface area contributed by atoms with Crippen molar-refractivity contribution in [2.75, 3.05) is 13.7 Å². The standard InChI is InChI=1S/C32H33NO5S2/c1-6-14-37-31(35)29(24-10-8-7-9-11-24)33-30(34)28(40-32(33)39)18-23-12-13-26(27(17-23)36-5)38-19-25-16-21(3)20(2)15-22(25)4/h7-13,15-18,29H,6,14,19H2,1-5H3/b28-18+. The Labute approximate surface area is 245 Å². The molecule has 8 heteroatoms. The van der Waals surface area contributed by atoms with Gasteiger partial charge in [-0.2, -0.15) is 0 Å². The molecule has 0 radical (unpaired) electrons. The van der Waals surface area contributed by atoms with Crippen LogP contribution in [0.25, 0.3) is 6.08 Å². The lowest BCUT2D eigenvalue weighted by Crippen LogP contribution is -2.38. The van der Waals surface area contributed by atoms with E-state index in [1.807, 2.05) is 43.3 Å². The Bertz CT molecular complexity index is 1450. The maximum Gasteiger partial charge on any atom is 0.333 e. The monoisotopic (exact) mass is 575 g/mol. The highest BCUT2D eigenvalue weighted by molar-refractivity contribution is 8.26. The first-order chi connectivity index (χ1) is 19.2. The Balaban J connectivity index is 1.56. The molecular formula is C32H33NO5S2. The first-order valence-corrected chi connectivity index (χ1v) is 14.3. The normalized spacial score (nSPS) is 14.9. The number of thiocarbonyl (C=S) groups is 1. The number of thioether (sulfide) groups is 1. The van der Waals surface area contributed by atoms with E-state index in [0.29, 0.717) is 39.3 Å². The van der Waals surface area contributed by atoms with Gasteiger partial charge in [-0.05, 0) is 78.8 Å². The number of ether oxygens (including phenoxy) is 3. The summed E-state index contributed by atoms with van der Waals surface area (Å²) in [6, 6.07) is 18.0. The fourth-order valence-electron chi connectivity index (χ4n) is 4.39. The van der Waals surface area contributed by atoms with Gasteiger partial charge in [0.25, 0.3) is 5.91 Å². The molecule has 1 aliphatic rings. The molecule has 0 spiro atoms. The number of carbonyl (C=O) groups excluding carboxylic acids is 2. The van der Waals surface area contributed by atoms with Gasteiger partial charge >= 0.3 is 5.97 Å². The molecule has 1 fully saturated rings. The fourth-order valence-corrected chi connectivity index (χ4v) is 5.70. The minimum atomic E-state index is -0.953. The SMILES string of the molecule is CCCOC(=O)C(c1ccccc1)N1C(=O)/C(=C\c2ccc(OCc3cc(C)c(C)cc3C)c(OC)c2)SC1=S. The third-order valence-corrected chi connectivity index (χ3v) is 8.02. The topological polar surface area (TPSA) is 65.1 Å². The van der Waals surface area contributed by atoms with Crippen LogP contribution >= 0.6 is 24.0 Å². The molecule has 1 amide bonds. The van der Waals surface area contributed by atoms with E-state index < -0.39 is 12.0 Å². The molecule has 0 bridgehead atoms. The number of amides is 1. The van der Waals surface area contributed by atoms with Crippen molar-refractivity contribution in [3.63, 3.8) is 0 Å². The zero-order chi connectivity index (χ0) is 28.8. The summed E-state index contributed by atoms with van der Waals surface area (Å²) in [7, 11) is 1.58. The van der Waals surface area contributed by atoms with Crippen molar-refractivity contribution in [1.29, 1.82) is 0 Å². The van der Waals surface area contributed by atoms with Crippen molar-refractivity contribution < 1.29 is 23.8 Å². The van der Waals surface area contributed by atoms with Crippen LogP contribution in [-0.4, -0.2) is 34.8 Å². The van der Waals surface area contributed by atoms with Crippen LogP contribution < -0.4 is 9.47 Å². The molecule has 1 aliphatic heterocycles. The van der Waals surface area contributed by atoms with Crippen molar-refractivity contribution in [3.05, 3.63) is 98.9 Å². The maximum absolute atomic E-state index is 13.6. The van der Waals surface area contributed by atoms with Gasteiger partial charge in [0.1, 0.15) is 10.9 Å². The van der Waals surface area contributed by atoms with Gasteiger partial charge in [-0.15, -0.1) is 0 Å². The highest BCUT2D eigenvalue weighted by Crippen LogP contribution is 2.39. The molecule has 1 atom stereocenters. The van der Waals surface area contributed by atoms with Crippen molar-refractivity contribution in [2.24, 2.45) is 0 Å². The van der Waals surface area contributed by atoms with E-state index in [2.05, 4.69) is 32.9 Å². The molecular weight excluding hydrogens is 542 g/mol. The van der Waals surface area contributed by atoms with E-state index in [1.165, 1.54) is 21.6 Å². The zero-order valence-corrected chi connectivity index (χ0v) is 25.0. The summed E-state index contributed by atoms with van der Waals surface area (Å²) < 4.78 is 17.5. The lowest BCUT2D eigenvalue weighted by atomic mass is 10.0. The second-order valence-electron chi connectivity index (χ2n) is 9.59. The molecule has 0 saturated carbocycles. The highest BCUT2D eigenvalue weighted by Gasteiger charge is 2.42. The third kappa shape index (κ3) is 6.57. The average Bonchev–Trinajstić information content (AvgIpc) is 3.22. The maximum atomic E-state index is 13.6. The number of esters is 1. The largest absolute Gasteiger partial charge is 0.493 e. The molecule has 0 N–H and O–H groups in total. The number of nitrogens with zero attached hydrogens (tertiary/aromatic N) is 1. The molecule has 0 aliphatic carbocycles. The Morgan fingerprint density at radius 1 is 1.00 bits per heavy atom. The van der Waals surface area contributed by atoms with E-state index in [4.69, 9.17) is 26.4 Å². The van der Waals surface area contributed by atoms with E-state index in [1.54, 1.807) is 25.3 Å². The summed E-state index contributed by atoms with van der Waals surface area (Å²) in [5, 5.41) is 0. The minimum absolute atomic E-state index is 0.268. The van der Waals surface area contributed by atoms with Gasteiger partial charge < -0.3 is 14.2 Å². The number of benzene rings is 3. The van der Waals surface area contributed by atoms with Crippen LogP contribution in [0, 0.1) is 20.8 Å². The van der Waals surface area contributed by atoms with Crippen LogP contribution in [0.5, 0.6) is 11.5 Å². The van der Waals surface area contributed by atoms with Gasteiger partial charge in [-0.25, -0.2) is 4.79 Å². The molecule has 4 rings (SSSR count). The van der Waals surface area contributed by atoms with Gasteiger partial charge in [-0.3, -0.25) is 9.69 Å². The van der Waals surface area contributed by atoms with Crippen LogP contribution in [0.15, 0.2) is 65.6 Å². The molecule has 1 saturated heterocycles. The van der Waals surface area contributed by atoms with Crippen molar-refractivity contribution in [2.45, 2.75) is 46.8 Å². The van der Waals surface area contributed by atoms with Gasteiger partial charge in [0.2, 0.25) is 0 Å². The molecule has 1 heterocycles. The molecule has 0 aromatic heterocycles. The minimum Gasteiger partial charge on any atom is -0.493 e. The second-order valence-corrected chi connectivity index (χ2v) is 11.3. The van der Waals surface area contributed by atoms with Gasteiger partial charge in [0.15, 0.2) is 17.5 Å². The highest BCUT2D eigenvalue weighted by atomic mass is 32.2. The van der Waals surface area contributed by atoms with E-state index in [-0.39, 0.29) is 12.5 Å². The lowest BCUT2D eigenvalue weighted by molar-refractivity contribution is -0.151. The van der Waals surface area contributed by atoms with Gasteiger partial charge in [0.05, 0.1) is 18.6 Å². The number of hydrogen-bond donors (Lipinski definition) is 0. The first kappa shape index (κ1) is 29.4. The van der Waals surface area contributed by atoms with Crippen LogP contribution in [0.4, 0.5) is 0 Å². The quantitative estimate of drug-likeness (QED) is 0.145. The molecule has 1 unspecified atom stereocenters. The molecule has 6 nitrogen and oxygen atoms in total. The Morgan fingerprint density at radius 2 is 1.73 bits per heavy atom. The van der Waals surface area contributed by atoms with Gasteiger partial charge in [0, 0.05) is 0 Å². The summed E-state index contributed by atoms with van der Waals surface area (Å²) in [4.78, 5) is 28.4.